The molecule has 0 heterocycles. The summed E-state index contributed by atoms with van der Waals surface area (Å²) in [6.45, 7) is -0.411. The summed E-state index contributed by atoms with van der Waals surface area (Å²) < 4.78 is 10.2. The van der Waals surface area contributed by atoms with Crippen LogP contribution in [0.5, 0.6) is 5.75 Å². The number of methoxy groups -OCH3 is 1. The van der Waals surface area contributed by atoms with E-state index in [9.17, 15) is 9.59 Å². The van der Waals surface area contributed by atoms with Crippen molar-refractivity contribution in [3.63, 3.8) is 0 Å². The maximum Gasteiger partial charge on any atom is 0.415 e. The van der Waals surface area contributed by atoms with Crippen LogP contribution in [0, 0.1) is 0 Å². The quantitative estimate of drug-likeness (QED) is 0.887. The molecular formula is C17H17NO5. The summed E-state index contributed by atoms with van der Waals surface area (Å²) in [6.07, 6.45) is -0.721. The summed E-state index contributed by atoms with van der Waals surface area (Å²) in [6, 6.07) is 15.7. The van der Waals surface area contributed by atoms with Crippen LogP contribution in [0.4, 0.5) is 10.5 Å². The largest absolute Gasteiger partial charge is 0.497 e. The molecule has 0 aromatic heterocycles. The number of carbonyl (C=O) groups excluding carboxylic acids is 1. The van der Waals surface area contributed by atoms with Crippen LogP contribution in [0.15, 0.2) is 54.6 Å². The van der Waals surface area contributed by atoms with Crippen molar-refractivity contribution in [2.75, 3.05) is 18.6 Å². The zero-order chi connectivity index (χ0) is 16.7. The molecule has 0 aliphatic carbocycles. The molecule has 0 spiro atoms. The van der Waals surface area contributed by atoms with Crippen LogP contribution < -0.4 is 9.64 Å². The van der Waals surface area contributed by atoms with Gasteiger partial charge in [0.1, 0.15) is 18.9 Å². The van der Waals surface area contributed by atoms with Gasteiger partial charge in [-0.3, -0.25) is 9.69 Å². The molecule has 0 saturated carbocycles. The lowest BCUT2D eigenvalue weighted by Gasteiger charge is -2.20. The topological polar surface area (TPSA) is 76.1 Å². The second-order valence-electron chi connectivity index (χ2n) is 4.72. The van der Waals surface area contributed by atoms with Gasteiger partial charge in [-0.2, -0.15) is 0 Å². The predicted molar refractivity (Wildman–Crippen MR) is 84.6 cm³/mol. The van der Waals surface area contributed by atoms with Crippen molar-refractivity contribution in [2.45, 2.75) is 6.61 Å². The lowest BCUT2D eigenvalue weighted by Crippen LogP contribution is -2.36. The third-order valence-corrected chi connectivity index (χ3v) is 3.10. The van der Waals surface area contributed by atoms with Gasteiger partial charge in [-0.15, -0.1) is 0 Å². The van der Waals surface area contributed by atoms with Gasteiger partial charge < -0.3 is 14.6 Å². The molecule has 23 heavy (non-hydrogen) atoms. The van der Waals surface area contributed by atoms with Gasteiger partial charge in [0, 0.05) is 5.69 Å². The first-order valence-corrected chi connectivity index (χ1v) is 6.94. The maximum absolute atomic E-state index is 12.2. The Labute approximate surface area is 133 Å². The average Bonchev–Trinajstić information content (AvgIpc) is 2.58. The number of ether oxygens (including phenoxy) is 2. The highest BCUT2D eigenvalue weighted by Crippen LogP contribution is 2.20. The van der Waals surface area contributed by atoms with Gasteiger partial charge in [0.25, 0.3) is 0 Å². The number of hydrogen-bond acceptors (Lipinski definition) is 4. The Morgan fingerprint density at radius 1 is 1.04 bits per heavy atom. The summed E-state index contributed by atoms with van der Waals surface area (Å²) in [5.74, 6) is -0.515. The van der Waals surface area contributed by atoms with Crippen LogP contribution in [-0.2, 0) is 16.1 Å². The van der Waals surface area contributed by atoms with Crippen LogP contribution in [0.3, 0.4) is 0 Å². The molecule has 1 amide bonds. The SMILES string of the molecule is COc1ccc(N(CC(=O)O)C(=O)OCc2ccccc2)cc1. The molecule has 0 aliphatic heterocycles. The van der Waals surface area contributed by atoms with E-state index in [4.69, 9.17) is 14.6 Å². The third kappa shape index (κ3) is 4.74. The molecule has 1 N–H and O–H groups in total. The number of rotatable bonds is 6. The number of aliphatic carboxylic acids is 1. The van der Waals surface area contributed by atoms with Crippen LogP contribution >= 0.6 is 0 Å². The van der Waals surface area contributed by atoms with Gasteiger partial charge in [-0.1, -0.05) is 30.3 Å². The number of amides is 1. The first-order chi connectivity index (χ1) is 11.1. The van der Waals surface area contributed by atoms with Crippen molar-refractivity contribution in [2.24, 2.45) is 0 Å². The highest BCUT2D eigenvalue weighted by molar-refractivity contribution is 5.93. The van der Waals surface area contributed by atoms with Crippen molar-refractivity contribution in [1.29, 1.82) is 0 Å². The van der Waals surface area contributed by atoms with Crippen LogP contribution in [0.25, 0.3) is 0 Å². The highest BCUT2D eigenvalue weighted by atomic mass is 16.6. The van der Waals surface area contributed by atoms with E-state index in [0.29, 0.717) is 11.4 Å². The van der Waals surface area contributed by atoms with Crippen LogP contribution in [0.1, 0.15) is 5.56 Å². The first kappa shape index (κ1) is 16.4. The van der Waals surface area contributed by atoms with Crippen LogP contribution in [0.2, 0.25) is 0 Å². The molecule has 0 saturated heterocycles. The van der Waals surface area contributed by atoms with Crippen LogP contribution in [-0.4, -0.2) is 30.8 Å². The van der Waals surface area contributed by atoms with Gasteiger partial charge in [-0.05, 0) is 29.8 Å². The monoisotopic (exact) mass is 315 g/mol. The molecule has 0 fully saturated rings. The van der Waals surface area contributed by atoms with E-state index >= 15 is 0 Å². The molecule has 0 unspecified atom stereocenters. The first-order valence-electron chi connectivity index (χ1n) is 6.94. The van der Waals surface area contributed by atoms with E-state index in [1.54, 1.807) is 24.3 Å². The zero-order valence-electron chi connectivity index (χ0n) is 12.6. The zero-order valence-corrected chi connectivity index (χ0v) is 12.6. The Morgan fingerprint density at radius 2 is 1.70 bits per heavy atom. The van der Waals surface area contributed by atoms with E-state index in [1.807, 2.05) is 30.3 Å². The molecule has 2 rings (SSSR count). The average molecular weight is 315 g/mol. The van der Waals surface area contributed by atoms with Gasteiger partial charge >= 0.3 is 12.1 Å². The number of nitrogens with zero attached hydrogens (tertiary/aromatic N) is 1. The van der Waals surface area contributed by atoms with Crippen molar-refractivity contribution in [1.82, 2.24) is 0 Å². The van der Waals surface area contributed by atoms with Gasteiger partial charge in [0.2, 0.25) is 0 Å². The molecule has 0 atom stereocenters. The lowest BCUT2D eigenvalue weighted by atomic mass is 10.2. The van der Waals surface area contributed by atoms with Gasteiger partial charge in [-0.25, -0.2) is 4.79 Å². The van der Waals surface area contributed by atoms with Crippen molar-refractivity contribution >= 4 is 17.7 Å². The standard InChI is InChI=1S/C17H17NO5/c1-22-15-9-7-14(8-10-15)18(11-16(19)20)17(21)23-12-13-5-3-2-4-6-13/h2-10H,11-12H2,1H3,(H,19,20). The third-order valence-electron chi connectivity index (χ3n) is 3.10. The van der Waals surface area contributed by atoms with E-state index in [2.05, 4.69) is 0 Å². The highest BCUT2D eigenvalue weighted by Gasteiger charge is 2.20. The number of carboxylic acids is 1. The summed E-state index contributed by atoms with van der Waals surface area (Å²) in [5.41, 5.74) is 1.25. The molecule has 2 aromatic rings. The minimum atomic E-state index is -1.13. The van der Waals surface area contributed by atoms with Crippen molar-refractivity contribution in [3.05, 3.63) is 60.2 Å². The second-order valence-corrected chi connectivity index (χ2v) is 4.72. The Balaban J connectivity index is 2.09. The summed E-state index contributed by atoms with van der Waals surface area (Å²) in [7, 11) is 1.53. The lowest BCUT2D eigenvalue weighted by molar-refractivity contribution is -0.135. The molecule has 6 nitrogen and oxygen atoms in total. The number of hydrogen-bond donors (Lipinski definition) is 1. The summed E-state index contributed by atoms with van der Waals surface area (Å²) in [5, 5.41) is 9.01. The Bertz CT molecular complexity index is 654. The summed E-state index contributed by atoms with van der Waals surface area (Å²) in [4.78, 5) is 24.3. The maximum atomic E-state index is 12.2. The number of anilines is 1. The van der Waals surface area contributed by atoms with Gasteiger partial charge in [0.05, 0.1) is 7.11 Å². The molecule has 0 aliphatic rings. The molecule has 120 valence electrons. The predicted octanol–water partition coefficient (Wildman–Crippen LogP) is 2.92. The molecule has 0 bridgehead atoms. The normalized spacial score (nSPS) is 9.96. The fraction of sp³-hybridized carbons (Fsp3) is 0.176. The molecule has 0 radical (unpaired) electrons. The molecule has 6 heteroatoms. The number of carboxylic acid groups (broad SMARTS) is 1. The Kier molecular flexibility index (Phi) is 5.57. The van der Waals surface area contributed by atoms with Crippen molar-refractivity contribution < 1.29 is 24.2 Å². The van der Waals surface area contributed by atoms with Gasteiger partial charge in [0.15, 0.2) is 0 Å². The van der Waals surface area contributed by atoms with E-state index in [-0.39, 0.29) is 6.61 Å². The summed E-state index contributed by atoms with van der Waals surface area (Å²) >= 11 is 0. The fourth-order valence-electron chi connectivity index (χ4n) is 1.96. The number of benzene rings is 2. The number of carbonyl (C=O) groups is 2. The Morgan fingerprint density at radius 3 is 2.26 bits per heavy atom. The van der Waals surface area contributed by atoms with E-state index in [0.717, 1.165) is 10.5 Å². The minimum absolute atomic E-state index is 0.0753. The smallest absolute Gasteiger partial charge is 0.415 e. The second kappa shape index (κ2) is 7.84. The van der Waals surface area contributed by atoms with E-state index < -0.39 is 18.6 Å². The van der Waals surface area contributed by atoms with Crippen molar-refractivity contribution in [3.8, 4) is 5.75 Å². The minimum Gasteiger partial charge on any atom is -0.497 e. The fourth-order valence-corrected chi connectivity index (χ4v) is 1.96. The van der Waals surface area contributed by atoms with E-state index in [1.165, 1.54) is 7.11 Å². The Hall–Kier alpha value is -3.02. The molecule has 2 aromatic carbocycles. The molecular weight excluding hydrogens is 298 g/mol.